The van der Waals surface area contributed by atoms with Gasteiger partial charge in [0.25, 0.3) is 0 Å². The van der Waals surface area contributed by atoms with Gasteiger partial charge in [0, 0.05) is 71.6 Å². The van der Waals surface area contributed by atoms with E-state index in [1.165, 1.54) is 132 Å². The average molecular weight is 981 g/mol. The molecule has 77 heavy (non-hydrogen) atoms. The maximum absolute atomic E-state index is 2.50. The third kappa shape index (κ3) is 6.15. The molecule has 2 aliphatic carbocycles. The molecule has 0 amide bonds. The Hall–Kier alpha value is -9.90. The number of rotatable bonds is 4. The van der Waals surface area contributed by atoms with Crippen molar-refractivity contribution in [3.8, 4) is 56.1 Å². The summed E-state index contributed by atoms with van der Waals surface area (Å²) in [6.45, 7) is 2.44. The van der Waals surface area contributed by atoms with Crippen LogP contribution in [0.25, 0.3) is 139 Å². The normalized spacial score (nSPS) is 14.8. The van der Waals surface area contributed by atoms with Gasteiger partial charge in [0.05, 0.1) is 38.6 Å². The zero-order valence-electron chi connectivity index (χ0n) is 42.3. The van der Waals surface area contributed by atoms with Gasteiger partial charge in [-0.15, -0.1) is 0 Å². The highest BCUT2D eigenvalue weighted by molar-refractivity contribution is 6.15. The maximum Gasteiger partial charge on any atom is 0.0541 e. The van der Waals surface area contributed by atoms with Crippen molar-refractivity contribution in [2.24, 2.45) is 0 Å². The molecule has 11 aromatic carbocycles. The first-order chi connectivity index (χ1) is 38.0. The van der Waals surface area contributed by atoms with E-state index in [1.54, 1.807) is 0 Å². The van der Waals surface area contributed by atoms with Gasteiger partial charge in [-0.2, -0.15) is 0 Å². The summed E-state index contributed by atoms with van der Waals surface area (Å²) in [5.74, 6) is 0. The maximum atomic E-state index is 2.50. The Morgan fingerprint density at radius 3 is 0.922 bits per heavy atom. The van der Waals surface area contributed by atoms with Crippen LogP contribution in [0.15, 0.2) is 255 Å². The predicted molar refractivity (Wildman–Crippen MR) is 323 cm³/mol. The highest BCUT2D eigenvalue weighted by Crippen LogP contribution is 2.47. The molecule has 0 aliphatic heterocycles. The summed E-state index contributed by atoms with van der Waals surface area (Å²) >= 11 is 0. The highest BCUT2D eigenvalue weighted by atomic mass is 15.0. The van der Waals surface area contributed by atoms with E-state index in [4.69, 9.17) is 0 Å². The molecule has 2 aliphatic rings. The van der Waals surface area contributed by atoms with Gasteiger partial charge >= 0.3 is 0 Å². The van der Waals surface area contributed by atoms with Gasteiger partial charge in [0.15, 0.2) is 0 Å². The summed E-state index contributed by atoms with van der Waals surface area (Å²) in [6.07, 6.45) is 5.73. The molecule has 4 heteroatoms. The fourth-order valence-corrected chi connectivity index (χ4v) is 13.5. The molecular formula is C73H48N4. The smallest absolute Gasteiger partial charge is 0.0541 e. The average Bonchev–Trinajstić information content (AvgIpc) is 4.41. The SMILES string of the molecule is CC12C=Cc3c(c4cc(ccc4n3-c3ccccc3)-c3ccc4c(c3)c3cc(ccc3n4-c3ccccc3)-c3ccc4c(c3)c3cc(ccc3n4-c3ccccc3)-c3ccc4c(c3)c3cc1ccc3n4-c1ccccc1)C2. The van der Waals surface area contributed by atoms with Gasteiger partial charge in [-0.1, -0.05) is 128 Å². The molecule has 17 rings (SSSR count). The summed E-state index contributed by atoms with van der Waals surface area (Å²) in [4.78, 5) is 0. The minimum Gasteiger partial charge on any atom is -0.310 e. The number of hydrogen-bond acceptors (Lipinski definition) is 0. The van der Waals surface area contributed by atoms with Crippen LogP contribution in [0.4, 0.5) is 0 Å². The van der Waals surface area contributed by atoms with Crippen LogP contribution in [0.1, 0.15) is 23.7 Å². The van der Waals surface area contributed by atoms with Crippen molar-refractivity contribution in [3.63, 3.8) is 0 Å². The monoisotopic (exact) mass is 980 g/mol. The Bertz CT molecular complexity index is 4990. The summed E-state index contributed by atoms with van der Waals surface area (Å²) < 4.78 is 9.79. The molecule has 0 radical (unpaired) electrons. The second kappa shape index (κ2) is 15.8. The molecule has 360 valence electrons. The molecule has 0 fully saturated rings. The summed E-state index contributed by atoms with van der Waals surface area (Å²) in [5, 5.41) is 8.71. The zero-order chi connectivity index (χ0) is 50.5. The van der Waals surface area contributed by atoms with E-state index in [0.717, 1.165) is 23.5 Å². The van der Waals surface area contributed by atoms with Crippen LogP contribution < -0.4 is 0 Å². The van der Waals surface area contributed by atoms with Crippen molar-refractivity contribution >= 4 is 82.4 Å². The van der Waals surface area contributed by atoms with Crippen LogP contribution in [0, 0.1) is 0 Å². The first kappa shape index (κ1) is 42.5. The van der Waals surface area contributed by atoms with Gasteiger partial charge in [-0.25, -0.2) is 0 Å². The van der Waals surface area contributed by atoms with Crippen molar-refractivity contribution in [3.05, 3.63) is 272 Å². The van der Waals surface area contributed by atoms with Gasteiger partial charge in [-0.05, 0) is 190 Å². The second-order valence-corrected chi connectivity index (χ2v) is 21.6. The number of nitrogens with zero attached hydrogens (tertiary/aromatic N) is 4. The molecule has 16 bridgehead atoms. The largest absolute Gasteiger partial charge is 0.310 e. The van der Waals surface area contributed by atoms with E-state index in [2.05, 4.69) is 286 Å². The number of aromatic nitrogens is 4. The fraction of sp³-hybridized carbons (Fsp3) is 0.0411. The van der Waals surface area contributed by atoms with E-state index in [0.29, 0.717) is 0 Å². The molecule has 0 saturated heterocycles. The number of hydrogen-bond donors (Lipinski definition) is 0. The lowest BCUT2D eigenvalue weighted by Crippen LogP contribution is -2.25. The molecule has 0 N–H and O–H groups in total. The minimum absolute atomic E-state index is 0.285. The van der Waals surface area contributed by atoms with Gasteiger partial charge in [-0.3, -0.25) is 0 Å². The molecule has 15 aromatic rings. The standard InChI is InChI=1S/C73H48N4/c1-73-37-36-72-64(45-73)62-43-51(27-34-70(62)77(72)56-20-12-5-13-21-56)49-25-32-68-60(41-49)58-39-47(23-30-66(58)75(68)54-16-8-3-9-17-54)46-22-29-65-57(38-46)59-40-48(24-31-67(59)74(65)53-14-6-2-7-15-53)50-26-33-69-61(42-50)63-44-52(73)28-35-71(63)76(69)55-18-10-4-11-19-55/h2-44H,45H2,1H3. The molecule has 0 saturated carbocycles. The summed E-state index contributed by atoms with van der Waals surface area (Å²) in [7, 11) is 0. The van der Waals surface area contributed by atoms with Crippen LogP contribution >= 0.6 is 0 Å². The third-order valence-electron chi connectivity index (χ3n) is 17.3. The molecule has 0 spiro atoms. The Balaban J connectivity index is 0.973. The van der Waals surface area contributed by atoms with E-state index in [1.807, 2.05) is 0 Å². The molecule has 1 unspecified atom stereocenters. The van der Waals surface area contributed by atoms with Crippen LogP contribution in [-0.2, 0) is 11.8 Å². The minimum atomic E-state index is -0.285. The molecule has 4 aromatic heterocycles. The Labute approximate surface area is 444 Å². The topological polar surface area (TPSA) is 19.7 Å². The molecular weight excluding hydrogens is 933 g/mol. The van der Waals surface area contributed by atoms with Crippen LogP contribution in [-0.4, -0.2) is 18.3 Å². The van der Waals surface area contributed by atoms with Gasteiger partial charge in [0.1, 0.15) is 0 Å². The van der Waals surface area contributed by atoms with Crippen LogP contribution in [0.3, 0.4) is 0 Å². The molecule has 1 atom stereocenters. The quantitative estimate of drug-likeness (QED) is 0.167. The van der Waals surface area contributed by atoms with Crippen molar-refractivity contribution in [1.29, 1.82) is 0 Å². The predicted octanol–water partition coefficient (Wildman–Crippen LogP) is 18.8. The molecule has 4 heterocycles. The Morgan fingerprint density at radius 1 is 0.286 bits per heavy atom. The summed E-state index contributed by atoms with van der Waals surface area (Å²) in [5.41, 5.74) is 23.8. The Morgan fingerprint density at radius 2 is 0.571 bits per heavy atom. The van der Waals surface area contributed by atoms with Crippen LogP contribution in [0.5, 0.6) is 0 Å². The van der Waals surface area contributed by atoms with E-state index >= 15 is 0 Å². The fourth-order valence-electron chi connectivity index (χ4n) is 13.5. The van der Waals surface area contributed by atoms with Crippen molar-refractivity contribution in [2.75, 3.05) is 0 Å². The van der Waals surface area contributed by atoms with E-state index in [9.17, 15) is 0 Å². The lowest BCUT2D eigenvalue weighted by Gasteiger charge is -2.30. The lowest BCUT2D eigenvalue weighted by molar-refractivity contribution is 0.589. The van der Waals surface area contributed by atoms with Crippen molar-refractivity contribution < 1.29 is 0 Å². The number of para-hydroxylation sites is 4. The highest BCUT2D eigenvalue weighted by Gasteiger charge is 2.33. The first-order valence-corrected chi connectivity index (χ1v) is 26.9. The van der Waals surface area contributed by atoms with Gasteiger partial charge in [0.2, 0.25) is 0 Å². The zero-order valence-corrected chi connectivity index (χ0v) is 42.3. The summed E-state index contributed by atoms with van der Waals surface area (Å²) in [6, 6.07) is 93.3. The lowest BCUT2D eigenvalue weighted by atomic mass is 9.73. The van der Waals surface area contributed by atoms with E-state index in [-0.39, 0.29) is 5.41 Å². The first-order valence-electron chi connectivity index (χ1n) is 26.9. The molecule has 4 nitrogen and oxygen atoms in total. The number of allylic oxidation sites excluding steroid dienone is 1. The number of fused-ring (bicyclic) bond motifs is 12. The Kier molecular flexibility index (Phi) is 8.72. The second-order valence-electron chi connectivity index (χ2n) is 21.6. The number of benzene rings is 11. The van der Waals surface area contributed by atoms with Gasteiger partial charge < -0.3 is 18.3 Å². The van der Waals surface area contributed by atoms with Crippen molar-refractivity contribution in [1.82, 2.24) is 18.3 Å². The third-order valence-corrected chi connectivity index (χ3v) is 17.3. The van der Waals surface area contributed by atoms with Crippen molar-refractivity contribution in [2.45, 2.75) is 18.8 Å². The van der Waals surface area contributed by atoms with E-state index < -0.39 is 0 Å². The van der Waals surface area contributed by atoms with Crippen LogP contribution in [0.2, 0.25) is 0 Å².